The third kappa shape index (κ3) is 3.55. The summed E-state index contributed by atoms with van der Waals surface area (Å²) >= 11 is 0. The Morgan fingerprint density at radius 2 is 1.96 bits per heavy atom. The smallest absolute Gasteiger partial charge is 0.270 e. The number of nitrogens with zero attached hydrogens (tertiary/aromatic N) is 3. The fourth-order valence-electron chi connectivity index (χ4n) is 3.27. The molecule has 25 heavy (non-hydrogen) atoms. The molecule has 0 atom stereocenters. The lowest BCUT2D eigenvalue weighted by Gasteiger charge is -2.19. The minimum absolute atomic E-state index is 0.169. The van der Waals surface area contributed by atoms with Crippen molar-refractivity contribution in [3.8, 4) is 0 Å². The number of H-pyrrole nitrogens is 1. The molecule has 7 heteroatoms. The van der Waals surface area contributed by atoms with Crippen molar-refractivity contribution in [2.45, 2.75) is 40.2 Å². The van der Waals surface area contributed by atoms with Gasteiger partial charge in [0.25, 0.3) is 11.5 Å². The normalized spacial score (nSPS) is 14.0. The van der Waals surface area contributed by atoms with Gasteiger partial charge in [-0.1, -0.05) is 0 Å². The molecule has 0 spiro atoms. The molecule has 3 rings (SSSR count). The van der Waals surface area contributed by atoms with Gasteiger partial charge in [0.2, 0.25) is 0 Å². The highest BCUT2D eigenvalue weighted by atomic mass is 16.2. The van der Waals surface area contributed by atoms with E-state index in [1.165, 1.54) is 6.33 Å². The zero-order chi connectivity index (χ0) is 18.0. The number of aryl methyl sites for hydroxylation is 2. The van der Waals surface area contributed by atoms with Crippen LogP contribution in [0.3, 0.4) is 0 Å². The molecular formula is C18H23N5O2. The Hall–Kier alpha value is -2.70. The molecule has 0 radical (unpaired) electrons. The monoisotopic (exact) mass is 341 g/mol. The largest absolute Gasteiger partial charge is 0.356 e. The lowest BCUT2D eigenvalue weighted by Crippen LogP contribution is -2.30. The average molecular weight is 341 g/mol. The van der Waals surface area contributed by atoms with Crippen LogP contribution in [0.2, 0.25) is 0 Å². The highest BCUT2D eigenvalue weighted by Gasteiger charge is 2.20. The zero-order valence-electron chi connectivity index (χ0n) is 14.8. The van der Waals surface area contributed by atoms with Crippen LogP contribution in [0.5, 0.6) is 0 Å². The van der Waals surface area contributed by atoms with E-state index in [4.69, 9.17) is 0 Å². The van der Waals surface area contributed by atoms with Gasteiger partial charge in [-0.3, -0.25) is 9.59 Å². The number of anilines is 1. The molecule has 0 aromatic carbocycles. The highest BCUT2D eigenvalue weighted by molar-refractivity contribution is 5.94. The Balaban J connectivity index is 1.78. The van der Waals surface area contributed by atoms with Gasteiger partial charge in [0.1, 0.15) is 17.8 Å². The van der Waals surface area contributed by atoms with Crippen LogP contribution in [0.4, 0.5) is 5.82 Å². The Labute approximate surface area is 146 Å². The summed E-state index contributed by atoms with van der Waals surface area (Å²) in [5.74, 6) is 0.529. The van der Waals surface area contributed by atoms with Crippen LogP contribution in [-0.2, 0) is 6.54 Å². The third-order valence-electron chi connectivity index (χ3n) is 4.60. The summed E-state index contributed by atoms with van der Waals surface area (Å²) < 4.78 is 0. The van der Waals surface area contributed by atoms with E-state index >= 15 is 0 Å². The van der Waals surface area contributed by atoms with Crippen molar-refractivity contribution in [3.05, 3.63) is 50.8 Å². The van der Waals surface area contributed by atoms with Gasteiger partial charge in [-0.15, -0.1) is 0 Å². The lowest BCUT2D eigenvalue weighted by molar-refractivity contribution is 0.0945. The molecule has 7 nitrogen and oxygen atoms in total. The molecule has 1 saturated heterocycles. The maximum absolute atomic E-state index is 12.6. The number of hydrogen-bond donors (Lipinski definition) is 2. The van der Waals surface area contributed by atoms with Crippen LogP contribution in [0.1, 0.15) is 45.7 Å². The maximum Gasteiger partial charge on any atom is 0.270 e. The first-order valence-electron chi connectivity index (χ1n) is 8.51. The molecule has 0 saturated carbocycles. The van der Waals surface area contributed by atoms with Gasteiger partial charge in [-0.2, -0.15) is 0 Å². The molecule has 0 aliphatic carbocycles. The first kappa shape index (κ1) is 17.1. The number of carbonyl (C=O) groups excluding carboxylic acids is 1. The summed E-state index contributed by atoms with van der Waals surface area (Å²) in [4.78, 5) is 38.1. The average Bonchev–Trinajstić information content (AvgIpc) is 3.08. The van der Waals surface area contributed by atoms with Gasteiger partial charge in [0, 0.05) is 36.5 Å². The van der Waals surface area contributed by atoms with Crippen LogP contribution >= 0.6 is 0 Å². The van der Waals surface area contributed by atoms with E-state index in [2.05, 4.69) is 25.2 Å². The Morgan fingerprint density at radius 1 is 1.24 bits per heavy atom. The van der Waals surface area contributed by atoms with Crippen LogP contribution in [0.25, 0.3) is 0 Å². The summed E-state index contributed by atoms with van der Waals surface area (Å²) in [6.07, 6.45) is 3.71. The number of rotatable bonds is 4. The van der Waals surface area contributed by atoms with E-state index in [0.29, 0.717) is 11.3 Å². The van der Waals surface area contributed by atoms with Crippen molar-refractivity contribution in [2.24, 2.45) is 0 Å². The number of aromatic nitrogens is 3. The number of carbonyl (C=O) groups is 1. The molecule has 2 aromatic heterocycles. The predicted molar refractivity (Wildman–Crippen MR) is 95.9 cm³/mol. The number of nitrogens with one attached hydrogen (secondary N) is 2. The quantitative estimate of drug-likeness (QED) is 0.882. The number of pyridine rings is 1. The zero-order valence-corrected chi connectivity index (χ0v) is 14.8. The second-order valence-corrected chi connectivity index (χ2v) is 6.49. The molecule has 2 aromatic rings. The predicted octanol–water partition coefficient (Wildman–Crippen LogP) is 1.62. The Kier molecular flexibility index (Phi) is 4.83. The van der Waals surface area contributed by atoms with Crippen molar-refractivity contribution in [1.82, 2.24) is 20.3 Å². The van der Waals surface area contributed by atoms with Crippen molar-refractivity contribution in [1.29, 1.82) is 0 Å². The molecular weight excluding hydrogens is 318 g/mol. The highest BCUT2D eigenvalue weighted by Crippen LogP contribution is 2.22. The van der Waals surface area contributed by atoms with Crippen molar-refractivity contribution < 1.29 is 4.79 Å². The van der Waals surface area contributed by atoms with Crippen LogP contribution < -0.4 is 15.8 Å². The molecule has 1 aliphatic rings. The second kappa shape index (κ2) is 7.04. The topological polar surface area (TPSA) is 91.0 Å². The van der Waals surface area contributed by atoms with Gasteiger partial charge in [-0.25, -0.2) is 9.97 Å². The number of amides is 1. The van der Waals surface area contributed by atoms with Crippen LogP contribution in [-0.4, -0.2) is 33.9 Å². The first-order valence-corrected chi connectivity index (χ1v) is 8.51. The first-order chi connectivity index (χ1) is 12.0. The number of aromatic amines is 1. The van der Waals surface area contributed by atoms with Gasteiger partial charge in [0.05, 0.1) is 0 Å². The summed E-state index contributed by atoms with van der Waals surface area (Å²) in [6.45, 7) is 7.65. The summed E-state index contributed by atoms with van der Waals surface area (Å²) in [6, 6.07) is 1.89. The van der Waals surface area contributed by atoms with E-state index in [1.54, 1.807) is 0 Å². The maximum atomic E-state index is 12.6. The van der Waals surface area contributed by atoms with Gasteiger partial charge >= 0.3 is 0 Å². The van der Waals surface area contributed by atoms with E-state index in [-0.39, 0.29) is 18.0 Å². The molecule has 1 amide bonds. The fourth-order valence-corrected chi connectivity index (χ4v) is 3.27. The summed E-state index contributed by atoms with van der Waals surface area (Å²) in [5.41, 5.74) is 3.19. The molecule has 132 valence electrons. The Morgan fingerprint density at radius 3 is 2.64 bits per heavy atom. The molecule has 1 fully saturated rings. The van der Waals surface area contributed by atoms with Gasteiger partial charge < -0.3 is 15.2 Å². The van der Waals surface area contributed by atoms with Gasteiger partial charge in [-0.05, 0) is 45.2 Å². The van der Waals surface area contributed by atoms with E-state index in [1.807, 2.05) is 26.8 Å². The molecule has 0 bridgehead atoms. The molecule has 3 heterocycles. The van der Waals surface area contributed by atoms with Crippen molar-refractivity contribution >= 4 is 11.7 Å². The van der Waals surface area contributed by atoms with Crippen LogP contribution in [0, 0.1) is 20.8 Å². The SMILES string of the molecule is Cc1cc(C)c(CNC(=O)c2ncnc(N3CCCC3)c2C)c(=O)[nH]1. The summed E-state index contributed by atoms with van der Waals surface area (Å²) in [7, 11) is 0. The van der Waals surface area contributed by atoms with E-state index in [0.717, 1.165) is 48.6 Å². The third-order valence-corrected chi connectivity index (χ3v) is 4.60. The number of hydrogen-bond acceptors (Lipinski definition) is 5. The Bertz CT molecular complexity index is 853. The lowest BCUT2D eigenvalue weighted by atomic mass is 10.1. The van der Waals surface area contributed by atoms with E-state index in [9.17, 15) is 9.59 Å². The minimum atomic E-state index is -0.292. The van der Waals surface area contributed by atoms with Crippen molar-refractivity contribution in [2.75, 3.05) is 18.0 Å². The van der Waals surface area contributed by atoms with Crippen LogP contribution in [0.15, 0.2) is 17.2 Å². The molecule has 1 aliphatic heterocycles. The standard InChI is InChI=1S/C18H23N5O2/c1-11-8-12(2)22-17(24)14(11)9-19-18(25)15-13(3)16(21-10-20-15)23-6-4-5-7-23/h8,10H,4-7,9H2,1-3H3,(H,19,25)(H,22,24). The van der Waals surface area contributed by atoms with Gasteiger partial charge in [0.15, 0.2) is 0 Å². The van der Waals surface area contributed by atoms with Crippen molar-refractivity contribution in [3.63, 3.8) is 0 Å². The fraction of sp³-hybridized carbons (Fsp3) is 0.444. The second-order valence-electron chi connectivity index (χ2n) is 6.49. The van der Waals surface area contributed by atoms with E-state index < -0.39 is 0 Å². The molecule has 2 N–H and O–H groups in total. The minimum Gasteiger partial charge on any atom is -0.356 e. The molecule has 0 unspecified atom stereocenters. The summed E-state index contributed by atoms with van der Waals surface area (Å²) in [5, 5.41) is 2.81.